The van der Waals surface area contributed by atoms with Crippen molar-refractivity contribution in [2.45, 2.75) is 38.6 Å². The first-order valence-corrected chi connectivity index (χ1v) is 7.79. The van der Waals surface area contributed by atoms with Gasteiger partial charge in [-0.05, 0) is 44.0 Å². The molecule has 2 rings (SSSR count). The van der Waals surface area contributed by atoms with Gasteiger partial charge in [0.25, 0.3) is 0 Å². The number of nitrogens with zero attached hydrogens (tertiary/aromatic N) is 1. The lowest BCUT2D eigenvalue weighted by atomic mass is 10.2. The third-order valence-corrected chi connectivity index (χ3v) is 3.71. The van der Waals surface area contributed by atoms with E-state index in [0.717, 1.165) is 25.9 Å². The van der Waals surface area contributed by atoms with E-state index in [0.29, 0.717) is 11.4 Å². The molecule has 1 saturated heterocycles. The molecule has 1 aliphatic heterocycles. The molecule has 4 N–H and O–H groups in total. The summed E-state index contributed by atoms with van der Waals surface area (Å²) in [5.74, 6) is -0.235. The lowest BCUT2D eigenvalue weighted by molar-refractivity contribution is -0.117. The van der Waals surface area contributed by atoms with Crippen molar-refractivity contribution in [3.05, 3.63) is 24.3 Å². The molecule has 1 aromatic rings. The molecule has 120 valence electrons. The number of hydrogen-bond donors (Lipinski definition) is 3. The van der Waals surface area contributed by atoms with Crippen molar-refractivity contribution >= 4 is 23.3 Å². The third kappa shape index (κ3) is 4.73. The smallest absolute Gasteiger partial charge is 0.321 e. The summed E-state index contributed by atoms with van der Waals surface area (Å²) in [7, 11) is 0. The highest BCUT2D eigenvalue weighted by Gasteiger charge is 2.15. The molecular formula is C16H24N4O2. The van der Waals surface area contributed by atoms with Gasteiger partial charge in [0.05, 0.1) is 6.04 Å². The van der Waals surface area contributed by atoms with Crippen LogP contribution >= 0.6 is 0 Å². The van der Waals surface area contributed by atoms with Crippen LogP contribution in [-0.4, -0.2) is 36.0 Å². The Kier molecular flexibility index (Phi) is 5.77. The van der Waals surface area contributed by atoms with Crippen molar-refractivity contribution in [2.24, 2.45) is 5.73 Å². The summed E-state index contributed by atoms with van der Waals surface area (Å²) in [6.07, 6.45) is 4.51. The van der Waals surface area contributed by atoms with Crippen LogP contribution in [0.25, 0.3) is 0 Å². The summed E-state index contributed by atoms with van der Waals surface area (Å²) < 4.78 is 0. The maximum Gasteiger partial charge on any atom is 0.321 e. The van der Waals surface area contributed by atoms with Crippen molar-refractivity contribution in [1.82, 2.24) is 4.90 Å². The highest BCUT2D eigenvalue weighted by atomic mass is 16.2. The van der Waals surface area contributed by atoms with E-state index in [1.54, 1.807) is 31.2 Å². The summed E-state index contributed by atoms with van der Waals surface area (Å²) in [4.78, 5) is 25.6. The Morgan fingerprint density at radius 1 is 1.00 bits per heavy atom. The van der Waals surface area contributed by atoms with Crippen molar-refractivity contribution < 1.29 is 9.59 Å². The maximum absolute atomic E-state index is 12.2. The number of benzene rings is 1. The minimum atomic E-state index is -0.553. The Morgan fingerprint density at radius 3 is 2.00 bits per heavy atom. The van der Waals surface area contributed by atoms with Crippen molar-refractivity contribution in [2.75, 3.05) is 23.7 Å². The molecule has 6 heteroatoms. The van der Waals surface area contributed by atoms with E-state index in [-0.39, 0.29) is 11.9 Å². The number of likely N-dealkylation sites (tertiary alicyclic amines) is 1. The first kappa shape index (κ1) is 16.3. The van der Waals surface area contributed by atoms with Crippen molar-refractivity contribution in [1.29, 1.82) is 0 Å². The quantitative estimate of drug-likeness (QED) is 0.801. The van der Waals surface area contributed by atoms with Gasteiger partial charge < -0.3 is 21.3 Å². The highest BCUT2D eigenvalue weighted by molar-refractivity contribution is 5.95. The van der Waals surface area contributed by atoms with Gasteiger partial charge in [-0.2, -0.15) is 0 Å². The van der Waals surface area contributed by atoms with E-state index in [1.165, 1.54) is 12.8 Å². The van der Waals surface area contributed by atoms with Crippen LogP contribution in [-0.2, 0) is 4.79 Å². The summed E-state index contributed by atoms with van der Waals surface area (Å²) >= 11 is 0. The molecule has 6 nitrogen and oxygen atoms in total. The zero-order chi connectivity index (χ0) is 15.9. The normalized spacial score (nSPS) is 16.5. The number of carbonyl (C=O) groups is 2. The van der Waals surface area contributed by atoms with E-state index >= 15 is 0 Å². The average molecular weight is 304 g/mol. The van der Waals surface area contributed by atoms with Crippen molar-refractivity contribution in [3.63, 3.8) is 0 Å². The number of nitrogens with one attached hydrogen (secondary N) is 2. The minimum absolute atomic E-state index is 0.0609. The molecule has 1 aliphatic rings. The first-order valence-electron chi connectivity index (χ1n) is 7.79. The van der Waals surface area contributed by atoms with E-state index in [9.17, 15) is 9.59 Å². The summed E-state index contributed by atoms with van der Waals surface area (Å²) in [5.41, 5.74) is 6.88. The van der Waals surface area contributed by atoms with E-state index in [2.05, 4.69) is 10.6 Å². The minimum Gasteiger partial charge on any atom is -0.325 e. The van der Waals surface area contributed by atoms with Gasteiger partial charge in [0.1, 0.15) is 0 Å². The second-order valence-corrected chi connectivity index (χ2v) is 5.69. The van der Waals surface area contributed by atoms with Gasteiger partial charge in [0.2, 0.25) is 5.91 Å². The van der Waals surface area contributed by atoms with Crippen LogP contribution in [0.4, 0.5) is 16.2 Å². The Morgan fingerprint density at radius 2 is 1.50 bits per heavy atom. The molecule has 0 bridgehead atoms. The summed E-state index contributed by atoms with van der Waals surface area (Å²) in [5, 5.41) is 5.60. The number of nitrogens with two attached hydrogens (primary N) is 1. The van der Waals surface area contributed by atoms with Gasteiger partial charge in [-0.25, -0.2) is 4.79 Å². The van der Waals surface area contributed by atoms with Crippen LogP contribution < -0.4 is 16.4 Å². The molecule has 1 fully saturated rings. The van der Waals surface area contributed by atoms with E-state index < -0.39 is 6.04 Å². The van der Waals surface area contributed by atoms with Crippen LogP contribution in [0, 0.1) is 0 Å². The van der Waals surface area contributed by atoms with E-state index in [1.807, 2.05) is 4.90 Å². The zero-order valence-corrected chi connectivity index (χ0v) is 13.0. The largest absolute Gasteiger partial charge is 0.325 e. The van der Waals surface area contributed by atoms with Crippen molar-refractivity contribution in [3.8, 4) is 0 Å². The number of amides is 3. The molecule has 0 radical (unpaired) electrons. The predicted molar refractivity (Wildman–Crippen MR) is 87.8 cm³/mol. The fraction of sp³-hybridized carbons (Fsp3) is 0.500. The Bertz CT molecular complexity index is 505. The lowest BCUT2D eigenvalue weighted by Crippen LogP contribution is -2.35. The number of carbonyl (C=O) groups excluding carboxylic acids is 2. The van der Waals surface area contributed by atoms with Gasteiger partial charge >= 0.3 is 6.03 Å². The van der Waals surface area contributed by atoms with Crippen LogP contribution in [0.1, 0.15) is 32.6 Å². The maximum atomic E-state index is 12.2. The molecule has 3 amide bonds. The SMILES string of the molecule is C[C@H](N)C(=O)Nc1ccc(NC(=O)N2CCCCCC2)cc1. The number of hydrogen-bond acceptors (Lipinski definition) is 3. The molecule has 1 aromatic carbocycles. The highest BCUT2D eigenvalue weighted by Crippen LogP contribution is 2.16. The Hall–Kier alpha value is -2.08. The molecule has 0 unspecified atom stereocenters. The van der Waals surface area contributed by atoms with E-state index in [4.69, 9.17) is 5.73 Å². The van der Waals surface area contributed by atoms with Gasteiger partial charge in [-0.3, -0.25) is 4.79 Å². The number of anilines is 2. The molecule has 0 aromatic heterocycles. The van der Waals surface area contributed by atoms with Crippen LogP contribution in [0.5, 0.6) is 0 Å². The lowest BCUT2D eigenvalue weighted by Gasteiger charge is -2.20. The van der Waals surface area contributed by atoms with Gasteiger partial charge in [-0.1, -0.05) is 12.8 Å². The molecule has 0 aliphatic carbocycles. The Labute approximate surface area is 131 Å². The molecular weight excluding hydrogens is 280 g/mol. The molecule has 1 heterocycles. The molecule has 0 saturated carbocycles. The summed E-state index contributed by atoms with van der Waals surface area (Å²) in [6, 6.07) is 6.42. The van der Waals surface area contributed by atoms with Gasteiger partial charge in [0, 0.05) is 24.5 Å². The molecule has 0 spiro atoms. The van der Waals surface area contributed by atoms with Gasteiger partial charge in [-0.15, -0.1) is 0 Å². The number of rotatable bonds is 3. The fourth-order valence-electron chi connectivity index (χ4n) is 2.37. The average Bonchev–Trinajstić information content (AvgIpc) is 2.78. The van der Waals surface area contributed by atoms with Gasteiger partial charge in [0.15, 0.2) is 0 Å². The summed E-state index contributed by atoms with van der Waals surface area (Å²) in [6.45, 7) is 3.26. The standard InChI is InChI=1S/C16H24N4O2/c1-12(17)15(21)18-13-6-8-14(9-7-13)19-16(22)20-10-4-2-3-5-11-20/h6-9,12H,2-5,10-11,17H2,1H3,(H,18,21)(H,19,22)/t12-/m0/s1. The predicted octanol–water partition coefficient (Wildman–Crippen LogP) is 2.38. The third-order valence-electron chi connectivity index (χ3n) is 3.71. The van der Waals surface area contributed by atoms with Crippen LogP contribution in [0.3, 0.4) is 0 Å². The molecule has 22 heavy (non-hydrogen) atoms. The topological polar surface area (TPSA) is 87.5 Å². The first-order chi connectivity index (χ1) is 10.6. The second kappa shape index (κ2) is 7.79. The monoisotopic (exact) mass is 304 g/mol. The Balaban J connectivity index is 1.90. The fourth-order valence-corrected chi connectivity index (χ4v) is 2.37. The van der Waals surface area contributed by atoms with Crippen LogP contribution in [0.2, 0.25) is 0 Å². The molecule has 1 atom stereocenters. The number of urea groups is 1. The second-order valence-electron chi connectivity index (χ2n) is 5.69. The zero-order valence-electron chi connectivity index (χ0n) is 13.0. The van der Waals surface area contributed by atoms with Crippen LogP contribution in [0.15, 0.2) is 24.3 Å².